The van der Waals surface area contributed by atoms with Crippen molar-refractivity contribution >= 4 is 35.6 Å². The molecule has 7 heteroatoms. The zero-order valence-corrected chi connectivity index (χ0v) is 9.60. The summed E-state index contributed by atoms with van der Waals surface area (Å²) in [5.41, 5.74) is 0.344. The summed E-state index contributed by atoms with van der Waals surface area (Å²) in [4.78, 5) is -0.0239. The monoisotopic (exact) mass is 264 g/mol. The number of halogens is 1. The van der Waals surface area contributed by atoms with Crippen LogP contribution >= 0.6 is 10.7 Å². The lowest BCUT2D eigenvalue weighted by molar-refractivity contribution is 0.601. The van der Waals surface area contributed by atoms with Gasteiger partial charge in [-0.2, -0.15) is 0 Å². The minimum absolute atomic E-state index is 0.0239. The summed E-state index contributed by atoms with van der Waals surface area (Å²) < 4.78 is 44.7. The maximum Gasteiger partial charge on any atom is 0.272 e. The highest BCUT2D eigenvalue weighted by atomic mass is 35.7. The Hall–Kier alpha value is -0.850. The van der Waals surface area contributed by atoms with Crippen LogP contribution in [-0.2, 0) is 18.9 Å². The number of benzene rings is 1. The van der Waals surface area contributed by atoms with Gasteiger partial charge < -0.3 is 0 Å². The molecule has 0 aromatic heterocycles. The van der Waals surface area contributed by atoms with Crippen LogP contribution < -0.4 is 0 Å². The second kappa shape index (κ2) is 3.07. The van der Waals surface area contributed by atoms with Gasteiger partial charge >= 0.3 is 0 Å². The molecule has 15 heavy (non-hydrogen) atoms. The van der Waals surface area contributed by atoms with Crippen LogP contribution in [0.5, 0.6) is 0 Å². The molecule has 0 saturated heterocycles. The van der Waals surface area contributed by atoms with Crippen molar-refractivity contribution in [3.8, 4) is 0 Å². The number of sulfone groups is 1. The van der Waals surface area contributed by atoms with E-state index in [-0.39, 0.29) is 4.90 Å². The molecule has 0 aliphatic carbocycles. The molecule has 1 aromatic rings. The number of hydrogen-bond donors (Lipinski definition) is 0. The van der Waals surface area contributed by atoms with Gasteiger partial charge in [-0.3, -0.25) is 0 Å². The van der Waals surface area contributed by atoms with E-state index in [9.17, 15) is 16.8 Å². The molecule has 0 saturated carbocycles. The Morgan fingerprint density at radius 2 is 1.73 bits per heavy atom. The molecule has 0 N–H and O–H groups in total. The molecule has 1 aliphatic rings. The molecule has 0 atom stereocenters. The van der Waals surface area contributed by atoms with Gasteiger partial charge in [-0.15, -0.1) is 0 Å². The zero-order chi connectivity index (χ0) is 11.3. The summed E-state index contributed by atoms with van der Waals surface area (Å²) in [5, 5.41) is 0. The van der Waals surface area contributed by atoms with Gasteiger partial charge in [-0.05, 0) is 17.7 Å². The van der Waals surface area contributed by atoms with Crippen LogP contribution in [0.25, 0.3) is 6.08 Å². The molecule has 0 radical (unpaired) electrons. The summed E-state index contributed by atoms with van der Waals surface area (Å²) >= 11 is 0. The first-order chi connectivity index (χ1) is 6.83. The number of fused-ring (bicyclic) bond motifs is 1. The summed E-state index contributed by atoms with van der Waals surface area (Å²) in [6.07, 6.45) is 1.06. The fraction of sp³-hybridized carbons (Fsp3) is 0. The van der Waals surface area contributed by atoms with E-state index in [1.807, 2.05) is 0 Å². The van der Waals surface area contributed by atoms with E-state index in [1.165, 1.54) is 18.2 Å². The van der Waals surface area contributed by atoms with Crippen LogP contribution in [0.15, 0.2) is 33.4 Å². The Balaban J connectivity index is 2.82. The first-order valence-electron chi connectivity index (χ1n) is 3.84. The van der Waals surface area contributed by atoms with Gasteiger partial charge in [-0.25, -0.2) is 16.8 Å². The van der Waals surface area contributed by atoms with Crippen LogP contribution in [0.2, 0.25) is 0 Å². The fourth-order valence-electron chi connectivity index (χ4n) is 1.36. The SMILES string of the molecule is O=S(=O)(Cl)C1=Cc2ccccc2S1(=O)=O. The lowest BCUT2D eigenvalue weighted by atomic mass is 10.2. The predicted octanol–water partition coefficient (Wildman–Crippen LogP) is 1.34. The standard InChI is InChI=1S/C8H5ClO4S2/c9-15(12,13)8-5-6-3-1-2-4-7(6)14(8,10)11/h1-5H. The van der Waals surface area contributed by atoms with E-state index < -0.39 is 23.1 Å². The highest BCUT2D eigenvalue weighted by Crippen LogP contribution is 2.36. The van der Waals surface area contributed by atoms with Crippen molar-refractivity contribution in [2.24, 2.45) is 0 Å². The first kappa shape index (κ1) is 10.7. The highest BCUT2D eigenvalue weighted by molar-refractivity contribution is 8.27. The minimum atomic E-state index is -4.23. The molecule has 0 unspecified atom stereocenters. The normalized spacial score (nSPS) is 18.3. The molecule has 2 rings (SSSR count). The third-order valence-corrected chi connectivity index (χ3v) is 6.27. The lowest BCUT2D eigenvalue weighted by Gasteiger charge is -1.98. The maximum absolute atomic E-state index is 11.7. The third-order valence-electron chi connectivity index (χ3n) is 1.99. The van der Waals surface area contributed by atoms with Crippen molar-refractivity contribution in [1.29, 1.82) is 0 Å². The van der Waals surface area contributed by atoms with Gasteiger partial charge in [0.25, 0.3) is 9.05 Å². The Morgan fingerprint density at radius 3 is 2.27 bits per heavy atom. The summed E-state index contributed by atoms with van der Waals surface area (Å²) in [6, 6.07) is 6.00. The van der Waals surface area contributed by atoms with Crippen LogP contribution in [0.4, 0.5) is 0 Å². The van der Waals surface area contributed by atoms with Gasteiger partial charge in [0.15, 0.2) is 4.24 Å². The number of hydrogen-bond acceptors (Lipinski definition) is 4. The molecule has 0 bridgehead atoms. The zero-order valence-electron chi connectivity index (χ0n) is 7.21. The van der Waals surface area contributed by atoms with E-state index in [0.29, 0.717) is 5.56 Å². The lowest BCUT2D eigenvalue weighted by Crippen LogP contribution is -2.05. The van der Waals surface area contributed by atoms with E-state index in [4.69, 9.17) is 10.7 Å². The van der Waals surface area contributed by atoms with E-state index in [0.717, 1.165) is 6.08 Å². The summed E-state index contributed by atoms with van der Waals surface area (Å²) in [7, 11) is -3.16. The Bertz CT molecular complexity index is 656. The minimum Gasteiger partial charge on any atom is -0.218 e. The van der Waals surface area contributed by atoms with Gasteiger partial charge in [0.2, 0.25) is 9.84 Å². The molecule has 1 aromatic carbocycles. The van der Waals surface area contributed by atoms with Crippen molar-refractivity contribution in [3.63, 3.8) is 0 Å². The van der Waals surface area contributed by atoms with Crippen molar-refractivity contribution in [1.82, 2.24) is 0 Å². The molecule has 1 heterocycles. The molecule has 0 amide bonds. The molecule has 80 valence electrons. The van der Waals surface area contributed by atoms with Crippen LogP contribution in [0.3, 0.4) is 0 Å². The average molecular weight is 265 g/mol. The Kier molecular flexibility index (Phi) is 2.18. The molecular weight excluding hydrogens is 260 g/mol. The highest BCUT2D eigenvalue weighted by Gasteiger charge is 2.36. The fourth-order valence-corrected chi connectivity index (χ4v) is 5.02. The van der Waals surface area contributed by atoms with Crippen LogP contribution in [-0.4, -0.2) is 16.8 Å². The van der Waals surface area contributed by atoms with Gasteiger partial charge in [0.1, 0.15) is 0 Å². The maximum atomic E-state index is 11.7. The third kappa shape index (κ3) is 1.58. The Labute approximate surface area is 91.5 Å². The topological polar surface area (TPSA) is 68.3 Å². The second-order valence-electron chi connectivity index (χ2n) is 2.94. The van der Waals surface area contributed by atoms with Gasteiger partial charge in [0.05, 0.1) is 4.90 Å². The smallest absolute Gasteiger partial charge is 0.218 e. The first-order valence-corrected chi connectivity index (χ1v) is 7.63. The average Bonchev–Trinajstić information content (AvgIpc) is 2.39. The molecule has 4 nitrogen and oxygen atoms in total. The molecule has 0 fully saturated rings. The van der Waals surface area contributed by atoms with Crippen molar-refractivity contribution in [2.75, 3.05) is 0 Å². The van der Waals surface area contributed by atoms with E-state index in [2.05, 4.69) is 0 Å². The van der Waals surface area contributed by atoms with Gasteiger partial charge in [-0.1, -0.05) is 18.2 Å². The van der Waals surface area contributed by atoms with E-state index in [1.54, 1.807) is 6.07 Å². The van der Waals surface area contributed by atoms with Crippen molar-refractivity contribution in [3.05, 3.63) is 34.1 Å². The predicted molar refractivity (Wildman–Crippen MR) is 56.4 cm³/mol. The summed E-state index contributed by atoms with van der Waals surface area (Å²) in [5.74, 6) is 0. The quantitative estimate of drug-likeness (QED) is 0.718. The summed E-state index contributed by atoms with van der Waals surface area (Å²) in [6.45, 7) is 0. The molecule has 0 spiro atoms. The number of rotatable bonds is 1. The Morgan fingerprint density at radius 1 is 1.13 bits per heavy atom. The van der Waals surface area contributed by atoms with Gasteiger partial charge in [0, 0.05) is 10.7 Å². The molecule has 1 aliphatic heterocycles. The molecular formula is C8H5ClO4S2. The largest absolute Gasteiger partial charge is 0.272 e. The van der Waals surface area contributed by atoms with E-state index >= 15 is 0 Å². The van der Waals surface area contributed by atoms with Crippen LogP contribution in [0.1, 0.15) is 5.56 Å². The second-order valence-corrected chi connectivity index (χ2v) is 7.62. The van der Waals surface area contributed by atoms with Crippen molar-refractivity contribution in [2.45, 2.75) is 4.90 Å². The van der Waals surface area contributed by atoms with Crippen molar-refractivity contribution < 1.29 is 16.8 Å². The van der Waals surface area contributed by atoms with Crippen LogP contribution in [0, 0.1) is 0 Å².